The molecule has 2 nitrogen and oxygen atoms in total. The van der Waals surface area contributed by atoms with Gasteiger partial charge in [0.05, 0.1) is 0 Å². The van der Waals surface area contributed by atoms with Crippen molar-refractivity contribution in [3.63, 3.8) is 0 Å². The third-order valence-corrected chi connectivity index (χ3v) is 6.72. The van der Waals surface area contributed by atoms with E-state index in [0.717, 1.165) is 32.1 Å². The van der Waals surface area contributed by atoms with Crippen molar-refractivity contribution >= 4 is 0 Å². The third-order valence-electron chi connectivity index (χ3n) is 6.72. The Hall–Kier alpha value is -3.02. The SMILES string of the molecule is CC[C@H]1CC[C@H](c2c(F)cc(C)c(Oc3ccccc3-c3ccc(OC(F)F)cc3)c2F)CC1. The van der Waals surface area contributed by atoms with E-state index in [9.17, 15) is 13.2 Å². The van der Waals surface area contributed by atoms with Gasteiger partial charge >= 0.3 is 6.61 Å². The Bertz CT molecular complexity index is 1120. The molecule has 3 aromatic carbocycles. The van der Waals surface area contributed by atoms with Crippen LogP contribution in [0.4, 0.5) is 17.6 Å². The van der Waals surface area contributed by atoms with Crippen LogP contribution >= 0.6 is 0 Å². The number of aryl methyl sites for hydroxylation is 1. The van der Waals surface area contributed by atoms with Gasteiger partial charge in [-0.25, -0.2) is 8.78 Å². The first-order valence-corrected chi connectivity index (χ1v) is 11.7. The lowest BCUT2D eigenvalue weighted by Crippen LogP contribution is -2.15. The molecule has 1 aliphatic rings. The van der Waals surface area contributed by atoms with Gasteiger partial charge in [-0.05, 0) is 79.8 Å². The van der Waals surface area contributed by atoms with E-state index in [-0.39, 0.29) is 23.0 Å². The first-order chi connectivity index (χ1) is 16.4. The highest BCUT2D eigenvalue weighted by Crippen LogP contribution is 2.43. The fourth-order valence-corrected chi connectivity index (χ4v) is 4.81. The van der Waals surface area contributed by atoms with Gasteiger partial charge in [-0.1, -0.05) is 43.7 Å². The summed E-state index contributed by atoms with van der Waals surface area (Å²) in [5.41, 5.74) is 1.83. The summed E-state index contributed by atoms with van der Waals surface area (Å²) < 4.78 is 66.0. The van der Waals surface area contributed by atoms with Crippen molar-refractivity contribution in [3.8, 4) is 28.4 Å². The van der Waals surface area contributed by atoms with E-state index >= 15 is 4.39 Å². The molecule has 0 aliphatic heterocycles. The second-order valence-corrected chi connectivity index (χ2v) is 8.86. The van der Waals surface area contributed by atoms with Crippen molar-refractivity contribution in [1.82, 2.24) is 0 Å². The average molecular weight is 473 g/mol. The van der Waals surface area contributed by atoms with Crippen molar-refractivity contribution < 1.29 is 27.0 Å². The smallest absolute Gasteiger partial charge is 0.387 e. The van der Waals surface area contributed by atoms with Gasteiger partial charge in [0, 0.05) is 11.1 Å². The molecule has 0 spiro atoms. The maximum atomic E-state index is 15.7. The molecule has 0 saturated heterocycles. The van der Waals surface area contributed by atoms with Gasteiger partial charge in [-0.3, -0.25) is 0 Å². The summed E-state index contributed by atoms with van der Waals surface area (Å²) in [5.74, 6) is -0.271. The molecule has 180 valence electrons. The first-order valence-electron chi connectivity index (χ1n) is 11.7. The molecule has 0 radical (unpaired) electrons. The van der Waals surface area contributed by atoms with Crippen molar-refractivity contribution in [2.24, 2.45) is 5.92 Å². The molecule has 1 fully saturated rings. The van der Waals surface area contributed by atoms with E-state index < -0.39 is 18.2 Å². The summed E-state index contributed by atoms with van der Waals surface area (Å²) >= 11 is 0. The summed E-state index contributed by atoms with van der Waals surface area (Å²) in [6.07, 6.45) is 4.55. The quantitative estimate of drug-likeness (QED) is 0.319. The van der Waals surface area contributed by atoms with Crippen LogP contribution in [0.15, 0.2) is 54.6 Å². The van der Waals surface area contributed by atoms with Gasteiger partial charge < -0.3 is 9.47 Å². The minimum Gasteiger partial charge on any atom is -0.453 e. The van der Waals surface area contributed by atoms with Gasteiger partial charge in [0.2, 0.25) is 0 Å². The van der Waals surface area contributed by atoms with Crippen molar-refractivity contribution in [2.45, 2.75) is 58.5 Å². The van der Waals surface area contributed by atoms with E-state index in [4.69, 9.17) is 4.74 Å². The standard InChI is InChI=1S/C28H28F4O2/c1-3-18-8-10-20(11-9-18)25-23(29)16-17(2)27(26(25)30)34-24-7-5-4-6-22(24)19-12-14-21(15-13-19)33-28(31)32/h4-7,12-16,18,20,28H,3,8-11H2,1-2H3/t18-,20-. The summed E-state index contributed by atoms with van der Waals surface area (Å²) in [7, 11) is 0. The van der Waals surface area contributed by atoms with Crippen molar-refractivity contribution in [1.29, 1.82) is 0 Å². The van der Waals surface area contributed by atoms with Crippen LogP contribution in [0.1, 0.15) is 56.1 Å². The van der Waals surface area contributed by atoms with E-state index in [1.807, 2.05) is 0 Å². The average Bonchev–Trinajstić information content (AvgIpc) is 2.82. The topological polar surface area (TPSA) is 18.5 Å². The molecule has 0 amide bonds. The zero-order valence-electron chi connectivity index (χ0n) is 19.3. The van der Waals surface area contributed by atoms with Crippen LogP contribution in [-0.4, -0.2) is 6.61 Å². The lowest BCUT2D eigenvalue weighted by atomic mass is 9.77. The first kappa shape index (κ1) is 24.1. The van der Waals surface area contributed by atoms with E-state index in [1.54, 1.807) is 43.3 Å². The van der Waals surface area contributed by atoms with Gasteiger partial charge in [0.1, 0.15) is 17.3 Å². The Morgan fingerprint density at radius 3 is 2.26 bits per heavy atom. The Morgan fingerprint density at radius 1 is 0.941 bits per heavy atom. The highest BCUT2D eigenvalue weighted by Gasteiger charge is 2.29. The lowest BCUT2D eigenvalue weighted by molar-refractivity contribution is -0.0498. The molecule has 0 unspecified atom stereocenters. The molecule has 0 N–H and O–H groups in total. The van der Waals surface area contributed by atoms with Gasteiger partial charge in [0.25, 0.3) is 0 Å². The number of para-hydroxylation sites is 1. The molecule has 0 bridgehead atoms. The third kappa shape index (κ3) is 5.21. The molecule has 0 aromatic heterocycles. The number of hydrogen-bond acceptors (Lipinski definition) is 2. The van der Waals surface area contributed by atoms with Crippen LogP contribution in [0.25, 0.3) is 11.1 Å². The van der Waals surface area contributed by atoms with Crippen LogP contribution < -0.4 is 9.47 Å². The second-order valence-electron chi connectivity index (χ2n) is 8.86. The molecule has 3 aromatic rings. The largest absolute Gasteiger partial charge is 0.453 e. The number of hydrogen-bond donors (Lipinski definition) is 0. The zero-order valence-corrected chi connectivity index (χ0v) is 19.3. The second kappa shape index (κ2) is 10.5. The summed E-state index contributed by atoms with van der Waals surface area (Å²) in [5, 5.41) is 0. The summed E-state index contributed by atoms with van der Waals surface area (Å²) in [6, 6.07) is 14.5. The Morgan fingerprint density at radius 2 is 1.62 bits per heavy atom. The zero-order chi connectivity index (χ0) is 24.2. The molecule has 0 atom stereocenters. The van der Waals surface area contributed by atoms with Crippen LogP contribution in [0.2, 0.25) is 0 Å². The number of benzene rings is 3. The Labute approximate surface area is 197 Å². The van der Waals surface area contributed by atoms with Crippen LogP contribution in [0.5, 0.6) is 17.2 Å². The fourth-order valence-electron chi connectivity index (χ4n) is 4.81. The maximum Gasteiger partial charge on any atom is 0.387 e. The van der Waals surface area contributed by atoms with E-state index in [0.29, 0.717) is 28.4 Å². The molecule has 6 heteroatoms. The van der Waals surface area contributed by atoms with Gasteiger partial charge in [0.15, 0.2) is 11.6 Å². The molecule has 1 saturated carbocycles. The molecule has 0 heterocycles. The number of rotatable bonds is 7. The minimum atomic E-state index is -2.91. The minimum absolute atomic E-state index is 0.0131. The predicted octanol–water partition coefficient (Wildman–Crippen LogP) is 9.02. The highest BCUT2D eigenvalue weighted by molar-refractivity contribution is 5.71. The van der Waals surface area contributed by atoms with Crippen molar-refractivity contribution in [2.75, 3.05) is 0 Å². The number of ether oxygens (including phenoxy) is 2. The normalized spacial score (nSPS) is 18.2. The number of halogens is 4. The molecular formula is C28H28F4O2. The summed E-state index contributed by atoms with van der Waals surface area (Å²) in [6.45, 7) is 0.871. The number of alkyl halides is 2. The van der Waals surface area contributed by atoms with E-state index in [2.05, 4.69) is 11.7 Å². The van der Waals surface area contributed by atoms with Crippen molar-refractivity contribution in [3.05, 3.63) is 77.4 Å². The maximum absolute atomic E-state index is 15.7. The van der Waals surface area contributed by atoms with Crippen LogP contribution in [0, 0.1) is 24.5 Å². The lowest BCUT2D eigenvalue weighted by Gasteiger charge is -2.29. The molecule has 1 aliphatic carbocycles. The Kier molecular flexibility index (Phi) is 7.44. The molecular weight excluding hydrogens is 444 g/mol. The predicted molar refractivity (Wildman–Crippen MR) is 125 cm³/mol. The van der Waals surface area contributed by atoms with Gasteiger partial charge in [-0.15, -0.1) is 0 Å². The molecule has 34 heavy (non-hydrogen) atoms. The van der Waals surface area contributed by atoms with Crippen LogP contribution in [0.3, 0.4) is 0 Å². The highest BCUT2D eigenvalue weighted by atomic mass is 19.3. The van der Waals surface area contributed by atoms with E-state index in [1.165, 1.54) is 18.2 Å². The Balaban J connectivity index is 1.65. The molecule has 4 rings (SSSR count). The fraction of sp³-hybridized carbons (Fsp3) is 0.357. The van der Waals surface area contributed by atoms with Crippen LogP contribution in [-0.2, 0) is 0 Å². The summed E-state index contributed by atoms with van der Waals surface area (Å²) in [4.78, 5) is 0. The van der Waals surface area contributed by atoms with Gasteiger partial charge in [-0.2, -0.15) is 8.78 Å². The monoisotopic (exact) mass is 472 g/mol.